The standard InChI is InChI=1S/C23H18N2O4S/c1-15-18(22(26)25(24-15)17-7-4-3-5-8-17)13-16-10-11-19(20(14-16)28-2)29-23(27)21-9-6-12-30-21/h3-14H,1-2H3/b18-13-. The Morgan fingerprint density at radius 2 is 1.87 bits per heavy atom. The van der Waals surface area contributed by atoms with Gasteiger partial charge in [-0.15, -0.1) is 11.3 Å². The number of para-hydroxylation sites is 1. The number of anilines is 1. The predicted octanol–water partition coefficient (Wildman–Crippen LogP) is 4.78. The highest BCUT2D eigenvalue weighted by Crippen LogP contribution is 2.31. The van der Waals surface area contributed by atoms with E-state index in [1.165, 1.54) is 23.5 Å². The van der Waals surface area contributed by atoms with E-state index in [0.717, 1.165) is 5.56 Å². The van der Waals surface area contributed by atoms with Crippen LogP contribution in [0.25, 0.3) is 6.08 Å². The van der Waals surface area contributed by atoms with Gasteiger partial charge in [0.25, 0.3) is 5.91 Å². The number of hydrazone groups is 1. The van der Waals surface area contributed by atoms with Gasteiger partial charge in [0.05, 0.1) is 24.1 Å². The van der Waals surface area contributed by atoms with Crippen LogP contribution in [-0.4, -0.2) is 24.7 Å². The van der Waals surface area contributed by atoms with Crippen LogP contribution in [0.4, 0.5) is 5.69 Å². The number of hydrogen-bond donors (Lipinski definition) is 0. The third kappa shape index (κ3) is 3.88. The fourth-order valence-corrected chi connectivity index (χ4v) is 3.60. The second-order valence-corrected chi connectivity index (χ2v) is 7.42. The summed E-state index contributed by atoms with van der Waals surface area (Å²) in [6, 6.07) is 17.9. The Hall–Kier alpha value is -3.71. The van der Waals surface area contributed by atoms with Crippen LogP contribution >= 0.6 is 11.3 Å². The van der Waals surface area contributed by atoms with Crippen molar-refractivity contribution in [2.75, 3.05) is 12.1 Å². The molecule has 1 aromatic heterocycles. The monoisotopic (exact) mass is 418 g/mol. The van der Waals surface area contributed by atoms with E-state index < -0.39 is 5.97 Å². The number of benzene rings is 2. The van der Waals surface area contributed by atoms with Crippen LogP contribution in [0.15, 0.2) is 76.7 Å². The summed E-state index contributed by atoms with van der Waals surface area (Å²) in [5.74, 6) is 0.0639. The maximum Gasteiger partial charge on any atom is 0.353 e. The second kappa shape index (κ2) is 8.34. The lowest BCUT2D eigenvalue weighted by atomic mass is 10.1. The van der Waals surface area contributed by atoms with Gasteiger partial charge in [-0.3, -0.25) is 4.79 Å². The molecular formula is C23H18N2O4S. The Balaban J connectivity index is 1.59. The molecule has 0 atom stereocenters. The zero-order chi connectivity index (χ0) is 21.1. The van der Waals surface area contributed by atoms with Crippen molar-refractivity contribution >= 4 is 40.7 Å². The van der Waals surface area contributed by atoms with Crippen molar-refractivity contribution in [2.45, 2.75) is 6.92 Å². The first-order chi connectivity index (χ1) is 14.6. The zero-order valence-corrected chi connectivity index (χ0v) is 17.2. The van der Waals surface area contributed by atoms with Crippen LogP contribution in [0.3, 0.4) is 0 Å². The Bertz CT molecular complexity index is 1150. The predicted molar refractivity (Wildman–Crippen MR) is 117 cm³/mol. The summed E-state index contributed by atoms with van der Waals surface area (Å²) in [6.07, 6.45) is 1.75. The Kier molecular flexibility index (Phi) is 5.45. The van der Waals surface area contributed by atoms with Crippen LogP contribution in [0.5, 0.6) is 11.5 Å². The number of amides is 1. The smallest absolute Gasteiger partial charge is 0.353 e. The summed E-state index contributed by atoms with van der Waals surface area (Å²) in [4.78, 5) is 25.6. The van der Waals surface area contributed by atoms with E-state index in [2.05, 4.69) is 5.10 Å². The molecule has 2 aromatic carbocycles. The average molecular weight is 418 g/mol. The van der Waals surface area contributed by atoms with Crippen LogP contribution < -0.4 is 14.5 Å². The number of carbonyl (C=O) groups is 2. The van der Waals surface area contributed by atoms with Crippen LogP contribution in [-0.2, 0) is 4.79 Å². The molecular weight excluding hydrogens is 400 g/mol. The first-order valence-electron chi connectivity index (χ1n) is 9.17. The third-order valence-corrected chi connectivity index (χ3v) is 5.34. The zero-order valence-electron chi connectivity index (χ0n) is 16.4. The van der Waals surface area contributed by atoms with E-state index in [-0.39, 0.29) is 5.91 Å². The van der Waals surface area contributed by atoms with E-state index in [9.17, 15) is 9.59 Å². The van der Waals surface area contributed by atoms with Crippen molar-refractivity contribution in [1.82, 2.24) is 0 Å². The summed E-state index contributed by atoms with van der Waals surface area (Å²) in [5, 5.41) is 7.57. The number of rotatable bonds is 5. The largest absolute Gasteiger partial charge is 0.493 e. The van der Waals surface area contributed by atoms with E-state index in [1.807, 2.05) is 35.7 Å². The molecule has 1 aliphatic heterocycles. The summed E-state index contributed by atoms with van der Waals surface area (Å²) in [5.41, 5.74) is 2.55. The van der Waals surface area contributed by atoms with E-state index >= 15 is 0 Å². The molecule has 7 heteroatoms. The number of methoxy groups -OCH3 is 1. The second-order valence-electron chi connectivity index (χ2n) is 6.47. The number of hydrogen-bond acceptors (Lipinski definition) is 6. The number of esters is 1. The molecule has 6 nitrogen and oxygen atoms in total. The molecule has 0 unspecified atom stereocenters. The van der Waals surface area contributed by atoms with Gasteiger partial charge in [-0.25, -0.2) is 4.79 Å². The van der Waals surface area contributed by atoms with Gasteiger partial charge < -0.3 is 9.47 Å². The number of carbonyl (C=O) groups excluding carboxylic acids is 2. The normalized spacial score (nSPS) is 14.7. The van der Waals surface area contributed by atoms with Gasteiger partial charge in [0.15, 0.2) is 11.5 Å². The van der Waals surface area contributed by atoms with Crippen molar-refractivity contribution in [3.63, 3.8) is 0 Å². The molecule has 0 radical (unpaired) electrons. The quantitative estimate of drug-likeness (QED) is 0.340. The number of ether oxygens (including phenoxy) is 2. The third-order valence-electron chi connectivity index (χ3n) is 4.49. The molecule has 0 fully saturated rings. The minimum atomic E-state index is -0.443. The van der Waals surface area contributed by atoms with Crippen LogP contribution in [0, 0.1) is 0 Å². The molecule has 30 heavy (non-hydrogen) atoms. The van der Waals surface area contributed by atoms with Crippen molar-refractivity contribution in [1.29, 1.82) is 0 Å². The molecule has 2 heterocycles. The highest BCUT2D eigenvalue weighted by Gasteiger charge is 2.28. The lowest BCUT2D eigenvalue weighted by molar-refractivity contribution is -0.114. The van der Waals surface area contributed by atoms with E-state index in [4.69, 9.17) is 9.47 Å². The number of thiophene rings is 1. The van der Waals surface area contributed by atoms with Gasteiger partial charge >= 0.3 is 5.97 Å². The molecule has 0 saturated heterocycles. The molecule has 0 aliphatic carbocycles. The van der Waals surface area contributed by atoms with Crippen LogP contribution in [0.1, 0.15) is 22.2 Å². The summed E-state index contributed by atoms with van der Waals surface area (Å²) < 4.78 is 10.8. The summed E-state index contributed by atoms with van der Waals surface area (Å²) in [6.45, 7) is 1.79. The van der Waals surface area contributed by atoms with Crippen molar-refractivity contribution in [3.05, 3.63) is 82.1 Å². The minimum Gasteiger partial charge on any atom is -0.493 e. The molecule has 150 valence electrons. The Morgan fingerprint density at radius 1 is 1.07 bits per heavy atom. The van der Waals surface area contributed by atoms with Crippen molar-refractivity contribution < 1.29 is 19.1 Å². The van der Waals surface area contributed by atoms with Crippen molar-refractivity contribution in [2.24, 2.45) is 5.10 Å². The Labute approximate surface area is 177 Å². The molecule has 0 bridgehead atoms. The molecule has 0 N–H and O–H groups in total. The topological polar surface area (TPSA) is 68.2 Å². The molecule has 1 aliphatic rings. The summed E-state index contributed by atoms with van der Waals surface area (Å²) >= 11 is 1.31. The molecule has 0 saturated carbocycles. The first-order valence-corrected chi connectivity index (χ1v) is 10.1. The van der Waals surface area contributed by atoms with Gasteiger partial charge in [-0.05, 0) is 54.3 Å². The number of nitrogens with zero attached hydrogens (tertiary/aromatic N) is 2. The molecule has 3 aromatic rings. The molecule has 0 spiro atoms. The maximum absolute atomic E-state index is 12.9. The van der Waals surface area contributed by atoms with E-state index in [1.54, 1.807) is 43.3 Å². The molecule has 4 rings (SSSR count). The summed E-state index contributed by atoms with van der Waals surface area (Å²) in [7, 11) is 1.50. The minimum absolute atomic E-state index is 0.203. The van der Waals surface area contributed by atoms with E-state index in [0.29, 0.717) is 33.3 Å². The molecule has 1 amide bonds. The van der Waals surface area contributed by atoms with Gasteiger partial charge in [0, 0.05) is 0 Å². The SMILES string of the molecule is COc1cc(/C=C2\C(=O)N(c3ccccc3)N=C2C)ccc1OC(=O)c1cccs1. The highest BCUT2D eigenvalue weighted by molar-refractivity contribution is 7.12. The van der Waals surface area contributed by atoms with Gasteiger partial charge in [-0.2, -0.15) is 10.1 Å². The Morgan fingerprint density at radius 3 is 2.57 bits per heavy atom. The fourth-order valence-electron chi connectivity index (χ4n) is 3.00. The van der Waals surface area contributed by atoms with Gasteiger partial charge in [-0.1, -0.05) is 30.3 Å². The highest BCUT2D eigenvalue weighted by atomic mass is 32.1. The maximum atomic E-state index is 12.9. The van der Waals surface area contributed by atoms with Gasteiger partial charge in [0.1, 0.15) is 4.88 Å². The van der Waals surface area contributed by atoms with Crippen molar-refractivity contribution in [3.8, 4) is 11.5 Å². The lowest BCUT2D eigenvalue weighted by Gasteiger charge is -2.11. The van der Waals surface area contributed by atoms with Crippen LogP contribution in [0.2, 0.25) is 0 Å². The fraction of sp³-hybridized carbons (Fsp3) is 0.0870. The average Bonchev–Trinajstić information content (AvgIpc) is 3.40. The first kappa shape index (κ1) is 19.6. The van der Waals surface area contributed by atoms with Gasteiger partial charge in [0.2, 0.25) is 0 Å². The lowest BCUT2D eigenvalue weighted by Crippen LogP contribution is -2.21.